The monoisotopic (exact) mass is 237 g/mol. The van der Waals surface area contributed by atoms with E-state index in [1.54, 1.807) is 24.8 Å². The molecule has 2 aromatic rings. The minimum atomic E-state index is -0.465. The molecule has 0 aliphatic carbocycles. The molecule has 1 aromatic heterocycles. The summed E-state index contributed by atoms with van der Waals surface area (Å²) in [4.78, 5) is 14.0. The summed E-state index contributed by atoms with van der Waals surface area (Å²) in [6.07, 6.45) is 5.13. The lowest BCUT2D eigenvalue weighted by Crippen LogP contribution is -1.98. The summed E-state index contributed by atoms with van der Waals surface area (Å²) in [5.74, 6) is 0. The second-order valence-electron chi connectivity index (χ2n) is 3.27. The highest BCUT2D eigenvalue weighted by molar-refractivity contribution is 6.31. The summed E-state index contributed by atoms with van der Waals surface area (Å²) in [5.41, 5.74) is 0.824. The number of rotatable bonds is 3. The van der Waals surface area contributed by atoms with Gasteiger partial charge in [-0.15, -0.1) is 0 Å². The molecular formula is C10H8ClN3O2. The number of imidazole rings is 1. The Labute approximate surface area is 96.4 Å². The minimum Gasteiger partial charge on any atom is -0.333 e. The van der Waals surface area contributed by atoms with E-state index in [1.165, 1.54) is 12.1 Å². The Hall–Kier alpha value is -1.88. The zero-order chi connectivity index (χ0) is 11.5. The third-order valence-corrected chi connectivity index (χ3v) is 2.51. The quantitative estimate of drug-likeness (QED) is 0.609. The molecule has 1 aromatic carbocycles. The third kappa shape index (κ3) is 2.20. The summed E-state index contributed by atoms with van der Waals surface area (Å²) in [6.45, 7) is 0.552. The maximum absolute atomic E-state index is 10.5. The maximum Gasteiger partial charge on any atom is 0.270 e. The third-order valence-electron chi connectivity index (χ3n) is 2.16. The van der Waals surface area contributed by atoms with Crippen molar-refractivity contribution in [2.45, 2.75) is 6.54 Å². The van der Waals surface area contributed by atoms with E-state index < -0.39 is 4.92 Å². The van der Waals surface area contributed by atoms with E-state index in [1.807, 2.05) is 4.57 Å². The first kappa shape index (κ1) is 10.6. The Morgan fingerprint density at radius 3 is 2.88 bits per heavy atom. The highest BCUT2D eigenvalue weighted by atomic mass is 35.5. The topological polar surface area (TPSA) is 61.0 Å². The van der Waals surface area contributed by atoms with Crippen LogP contribution >= 0.6 is 11.6 Å². The lowest BCUT2D eigenvalue weighted by molar-refractivity contribution is -0.384. The van der Waals surface area contributed by atoms with Gasteiger partial charge in [0.1, 0.15) is 0 Å². The van der Waals surface area contributed by atoms with Crippen LogP contribution in [0.4, 0.5) is 5.69 Å². The Morgan fingerprint density at radius 1 is 1.50 bits per heavy atom. The molecule has 0 fully saturated rings. The molecule has 1 heterocycles. The number of hydrogen-bond acceptors (Lipinski definition) is 3. The van der Waals surface area contributed by atoms with Crippen molar-refractivity contribution in [2.75, 3.05) is 0 Å². The summed E-state index contributed by atoms with van der Waals surface area (Å²) >= 11 is 5.95. The van der Waals surface area contributed by atoms with Gasteiger partial charge in [0, 0.05) is 31.1 Å². The summed E-state index contributed by atoms with van der Waals surface area (Å²) in [6, 6.07) is 4.45. The van der Waals surface area contributed by atoms with Crippen molar-refractivity contribution in [2.24, 2.45) is 0 Å². The number of nitro groups is 1. The van der Waals surface area contributed by atoms with Gasteiger partial charge in [0.05, 0.1) is 16.3 Å². The zero-order valence-electron chi connectivity index (χ0n) is 8.21. The molecule has 0 N–H and O–H groups in total. The second kappa shape index (κ2) is 4.32. The highest BCUT2D eigenvalue weighted by Gasteiger charge is 2.09. The standard InChI is InChI=1S/C10H8ClN3O2/c11-10-5-9(14(15)16)2-1-8(10)6-13-4-3-12-7-13/h1-5,7H,6H2. The van der Waals surface area contributed by atoms with Crippen LogP contribution in [0, 0.1) is 10.1 Å². The van der Waals surface area contributed by atoms with Gasteiger partial charge < -0.3 is 4.57 Å². The fraction of sp³-hybridized carbons (Fsp3) is 0.100. The molecule has 0 saturated heterocycles. The summed E-state index contributed by atoms with van der Waals surface area (Å²) in [7, 11) is 0. The van der Waals surface area contributed by atoms with Crippen molar-refractivity contribution < 1.29 is 4.92 Å². The number of nitrogens with zero attached hydrogens (tertiary/aromatic N) is 3. The molecule has 0 unspecified atom stereocenters. The number of halogens is 1. The van der Waals surface area contributed by atoms with Crippen LogP contribution in [-0.2, 0) is 6.54 Å². The molecule has 0 bridgehead atoms. The van der Waals surface area contributed by atoms with Gasteiger partial charge in [-0.1, -0.05) is 11.6 Å². The predicted molar refractivity (Wildman–Crippen MR) is 59.4 cm³/mol. The van der Waals surface area contributed by atoms with Crippen LogP contribution in [0.3, 0.4) is 0 Å². The van der Waals surface area contributed by atoms with Crippen molar-refractivity contribution >= 4 is 17.3 Å². The van der Waals surface area contributed by atoms with E-state index in [9.17, 15) is 10.1 Å². The molecule has 0 aliphatic heterocycles. The van der Waals surface area contributed by atoms with Crippen molar-refractivity contribution in [3.63, 3.8) is 0 Å². The van der Waals surface area contributed by atoms with E-state index in [-0.39, 0.29) is 5.69 Å². The van der Waals surface area contributed by atoms with Gasteiger partial charge in [0.25, 0.3) is 5.69 Å². The van der Waals surface area contributed by atoms with Gasteiger partial charge in [-0.25, -0.2) is 4.98 Å². The van der Waals surface area contributed by atoms with Crippen LogP contribution in [-0.4, -0.2) is 14.5 Å². The smallest absolute Gasteiger partial charge is 0.270 e. The van der Waals surface area contributed by atoms with Crippen LogP contribution in [0.5, 0.6) is 0 Å². The van der Waals surface area contributed by atoms with Crippen LogP contribution in [0.25, 0.3) is 0 Å². The van der Waals surface area contributed by atoms with Gasteiger partial charge in [-0.2, -0.15) is 0 Å². The number of nitro benzene ring substituents is 1. The van der Waals surface area contributed by atoms with Gasteiger partial charge in [-0.05, 0) is 11.6 Å². The van der Waals surface area contributed by atoms with Gasteiger partial charge in [0.15, 0.2) is 0 Å². The fourth-order valence-electron chi connectivity index (χ4n) is 1.35. The molecule has 0 atom stereocenters. The van der Waals surface area contributed by atoms with E-state index in [0.29, 0.717) is 11.6 Å². The van der Waals surface area contributed by atoms with Crippen molar-refractivity contribution in [1.82, 2.24) is 9.55 Å². The summed E-state index contributed by atoms with van der Waals surface area (Å²) in [5, 5.41) is 10.9. The van der Waals surface area contributed by atoms with Crippen LogP contribution in [0.2, 0.25) is 5.02 Å². The Bertz CT molecular complexity index is 511. The van der Waals surface area contributed by atoms with Crippen molar-refractivity contribution in [1.29, 1.82) is 0 Å². The van der Waals surface area contributed by atoms with Gasteiger partial charge in [0.2, 0.25) is 0 Å². The van der Waals surface area contributed by atoms with Gasteiger partial charge in [-0.3, -0.25) is 10.1 Å². The molecule has 5 nitrogen and oxygen atoms in total. The van der Waals surface area contributed by atoms with E-state index in [4.69, 9.17) is 11.6 Å². The Kier molecular flexibility index (Phi) is 2.87. The molecule has 0 amide bonds. The first-order valence-corrected chi connectivity index (χ1v) is 4.93. The average Bonchev–Trinajstić information content (AvgIpc) is 2.73. The molecule has 0 aliphatic rings. The van der Waals surface area contributed by atoms with E-state index >= 15 is 0 Å². The van der Waals surface area contributed by atoms with Crippen LogP contribution < -0.4 is 0 Å². The molecule has 0 saturated carbocycles. The molecule has 0 spiro atoms. The first-order chi connectivity index (χ1) is 7.66. The van der Waals surface area contributed by atoms with Crippen LogP contribution in [0.15, 0.2) is 36.9 Å². The normalized spacial score (nSPS) is 10.3. The van der Waals surface area contributed by atoms with E-state index in [2.05, 4.69) is 4.98 Å². The lowest BCUT2D eigenvalue weighted by Gasteiger charge is -2.04. The highest BCUT2D eigenvalue weighted by Crippen LogP contribution is 2.22. The fourth-order valence-corrected chi connectivity index (χ4v) is 1.59. The average molecular weight is 238 g/mol. The summed E-state index contributed by atoms with van der Waals surface area (Å²) < 4.78 is 1.84. The molecular weight excluding hydrogens is 230 g/mol. The van der Waals surface area contributed by atoms with Crippen molar-refractivity contribution in [3.8, 4) is 0 Å². The number of hydrogen-bond donors (Lipinski definition) is 0. The number of benzene rings is 1. The lowest BCUT2D eigenvalue weighted by atomic mass is 10.2. The first-order valence-electron chi connectivity index (χ1n) is 4.55. The van der Waals surface area contributed by atoms with Crippen LogP contribution in [0.1, 0.15) is 5.56 Å². The largest absolute Gasteiger partial charge is 0.333 e. The predicted octanol–water partition coefficient (Wildman–Crippen LogP) is 2.49. The molecule has 0 radical (unpaired) electrons. The molecule has 6 heteroatoms. The molecule has 2 rings (SSSR count). The zero-order valence-corrected chi connectivity index (χ0v) is 8.96. The molecule has 16 heavy (non-hydrogen) atoms. The second-order valence-corrected chi connectivity index (χ2v) is 3.68. The number of non-ortho nitro benzene ring substituents is 1. The minimum absolute atomic E-state index is 0.000573. The van der Waals surface area contributed by atoms with Gasteiger partial charge >= 0.3 is 0 Å². The maximum atomic E-state index is 10.5. The van der Waals surface area contributed by atoms with E-state index in [0.717, 1.165) is 5.56 Å². The molecule has 82 valence electrons. The Balaban J connectivity index is 2.26. The number of aromatic nitrogens is 2. The Morgan fingerprint density at radius 2 is 2.31 bits per heavy atom. The SMILES string of the molecule is O=[N+]([O-])c1ccc(Cn2ccnc2)c(Cl)c1. The van der Waals surface area contributed by atoms with Crippen molar-refractivity contribution in [3.05, 3.63) is 57.6 Å².